The minimum absolute atomic E-state index is 0.117. The minimum Gasteiger partial charge on any atom is -0.354 e. The van der Waals surface area contributed by atoms with E-state index in [1.54, 1.807) is 6.07 Å². The molecule has 0 bridgehead atoms. The third-order valence-electron chi connectivity index (χ3n) is 5.71. The number of carbonyl (C=O) groups excluding carboxylic acids is 2. The molecule has 0 saturated carbocycles. The molecule has 212 valence electrons. The molecular weight excluding hydrogens is 558 g/mol. The maximum Gasteiger partial charge on any atom is 0.417 e. The molecule has 0 aliphatic rings. The molecule has 3 rings (SSSR count). The van der Waals surface area contributed by atoms with Crippen molar-refractivity contribution in [2.24, 2.45) is 5.92 Å². The van der Waals surface area contributed by atoms with Gasteiger partial charge >= 0.3 is 6.18 Å². The summed E-state index contributed by atoms with van der Waals surface area (Å²) >= 11 is 1.33. The number of alkyl halides is 3. The van der Waals surface area contributed by atoms with E-state index in [1.807, 2.05) is 38.1 Å². The van der Waals surface area contributed by atoms with Gasteiger partial charge in [-0.2, -0.15) is 13.2 Å². The van der Waals surface area contributed by atoms with E-state index in [0.29, 0.717) is 29.9 Å². The van der Waals surface area contributed by atoms with Crippen LogP contribution in [0.15, 0.2) is 53.4 Å². The SMILES string of the molecule is CC(C)C[C@H](NC(=O)c1cc2ccccc2s1)C(=O)NCCCCNS(=O)(=O)c1ccc(F)cc1C(F)(F)F. The van der Waals surface area contributed by atoms with Crippen molar-refractivity contribution in [2.45, 2.75) is 50.2 Å². The average molecular weight is 588 g/mol. The van der Waals surface area contributed by atoms with Gasteiger partial charge in [0.05, 0.1) is 15.3 Å². The number of fused-ring (bicyclic) bond motifs is 1. The number of amides is 2. The van der Waals surface area contributed by atoms with Crippen molar-refractivity contribution in [2.75, 3.05) is 13.1 Å². The van der Waals surface area contributed by atoms with E-state index in [9.17, 15) is 35.6 Å². The molecule has 3 N–H and O–H groups in total. The number of hydrogen-bond acceptors (Lipinski definition) is 5. The lowest BCUT2D eigenvalue weighted by atomic mass is 10.0. The summed E-state index contributed by atoms with van der Waals surface area (Å²) in [6.07, 6.45) is -4.11. The predicted molar refractivity (Wildman–Crippen MR) is 141 cm³/mol. The number of rotatable bonds is 12. The second-order valence-corrected chi connectivity index (χ2v) is 12.2. The van der Waals surface area contributed by atoms with Gasteiger partial charge in [0.25, 0.3) is 5.91 Å². The van der Waals surface area contributed by atoms with Crippen molar-refractivity contribution in [3.8, 4) is 0 Å². The average Bonchev–Trinajstić information content (AvgIpc) is 3.29. The number of sulfonamides is 1. The lowest BCUT2D eigenvalue weighted by Gasteiger charge is -2.20. The van der Waals surface area contributed by atoms with Gasteiger partial charge in [-0.3, -0.25) is 9.59 Å². The highest BCUT2D eigenvalue weighted by molar-refractivity contribution is 7.89. The summed E-state index contributed by atoms with van der Waals surface area (Å²) in [6, 6.07) is 9.90. The van der Waals surface area contributed by atoms with E-state index in [1.165, 1.54) is 11.3 Å². The number of hydrogen-bond donors (Lipinski definition) is 3. The van der Waals surface area contributed by atoms with E-state index >= 15 is 0 Å². The lowest BCUT2D eigenvalue weighted by molar-refractivity contribution is -0.140. The second kappa shape index (κ2) is 12.9. The van der Waals surface area contributed by atoms with E-state index in [4.69, 9.17) is 0 Å². The van der Waals surface area contributed by atoms with Crippen LogP contribution in [0.4, 0.5) is 17.6 Å². The Kier molecular flexibility index (Phi) is 10.1. The molecule has 1 aromatic heterocycles. The van der Waals surface area contributed by atoms with Crippen LogP contribution in [-0.2, 0) is 21.0 Å². The molecule has 1 heterocycles. The van der Waals surface area contributed by atoms with Crippen LogP contribution in [0.5, 0.6) is 0 Å². The standard InChI is InChI=1S/C26H29F4N3O4S2/c1-16(2)13-20(33-25(35)22-14-17-7-3-4-8-21(17)38-22)24(34)31-11-5-6-12-32-39(36,37)23-10-9-18(27)15-19(23)26(28,29)30/h3-4,7-10,14-16,20,32H,5-6,11-13H2,1-2H3,(H,31,34)(H,33,35)/t20-/m0/s1. The van der Waals surface area contributed by atoms with Gasteiger partial charge in [-0.1, -0.05) is 32.0 Å². The zero-order valence-electron chi connectivity index (χ0n) is 21.3. The van der Waals surface area contributed by atoms with Crippen LogP contribution in [0, 0.1) is 11.7 Å². The fourth-order valence-corrected chi connectivity index (χ4v) is 6.10. The molecule has 0 saturated heterocycles. The first-order valence-electron chi connectivity index (χ1n) is 12.2. The fourth-order valence-electron chi connectivity index (χ4n) is 3.85. The molecule has 0 unspecified atom stereocenters. The first kappa shape index (κ1) is 30.5. The Morgan fingerprint density at radius 2 is 1.69 bits per heavy atom. The van der Waals surface area contributed by atoms with Crippen LogP contribution in [0.3, 0.4) is 0 Å². The van der Waals surface area contributed by atoms with Crippen LogP contribution in [0.2, 0.25) is 0 Å². The van der Waals surface area contributed by atoms with Crippen molar-refractivity contribution < 1.29 is 35.6 Å². The molecule has 3 aromatic rings. The summed E-state index contributed by atoms with van der Waals surface area (Å²) in [7, 11) is -4.54. The Balaban J connectivity index is 1.50. The van der Waals surface area contributed by atoms with Crippen LogP contribution >= 0.6 is 11.3 Å². The molecule has 2 amide bonds. The molecule has 0 aliphatic carbocycles. The molecule has 2 aromatic carbocycles. The van der Waals surface area contributed by atoms with E-state index in [-0.39, 0.29) is 43.3 Å². The van der Waals surface area contributed by atoms with Crippen molar-refractivity contribution >= 4 is 43.3 Å². The Morgan fingerprint density at radius 1 is 1.00 bits per heavy atom. The molecule has 0 radical (unpaired) electrons. The fraction of sp³-hybridized carbons (Fsp3) is 0.385. The largest absolute Gasteiger partial charge is 0.417 e. The number of halogens is 4. The Bertz CT molecular complexity index is 1390. The molecule has 7 nitrogen and oxygen atoms in total. The number of thiophene rings is 1. The third-order valence-corrected chi connectivity index (χ3v) is 8.34. The summed E-state index contributed by atoms with van der Waals surface area (Å²) in [5.41, 5.74) is -1.59. The van der Waals surface area contributed by atoms with Gasteiger partial charge in [-0.05, 0) is 60.9 Å². The number of benzene rings is 2. The molecule has 39 heavy (non-hydrogen) atoms. The topological polar surface area (TPSA) is 104 Å². The van der Waals surface area contributed by atoms with Gasteiger partial charge in [0.1, 0.15) is 11.9 Å². The van der Waals surface area contributed by atoms with E-state index in [0.717, 1.165) is 10.1 Å². The van der Waals surface area contributed by atoms with Gasteiger partial charge in [-0.25, -0.2) is 17.5 Å². The van der Waals surface area contributed by atoms with Gasteiger partial charge in [-0.15, -0.1) is 11.3 Å². The van der Waals surface area contributed by atoms with Crippen LogP contribution in [-0.4, -0.2) is 39.4 Å². The molecule has 0 aliphatic heterocycles. The van der Waals surface area contributed by atoms with Gasteiger partial charge in [0, 0.05) is 17.8 Å². The molecule has 1 atom stereocenters. The summed E-state index contributed by atoms with van der Waals surface area (Å²) in [5.74, 6) is -1.83. The highest BCUT2D eigenvalue weighted by atomic mass is 32.2. The summed E-state index contributed by atoms with van der Waals surface area (Å²) in [4.78, 5) is 25.0. The lowest BCUT2D eigenvalue weighted by Crippen LogP contribution is -2.47. The zero-order valence-corrected chi connectivity index (χ0v) is 22.9. The Morgan fingerprint density at radius 3 is 2.36 bits per heavy atom. The minimum atomic E-state index is -5.05. The third kappa shape index (κ3) is 8.48. The first-order valence-corrected chi connectivity index (χ1v) is 14.5. The van der Waals surface area contributed by atoms with Gasteiger partial charge in [0.2, 0.25) is 15.9 Å². The number of carbonyl (C=O) groups is 2. The number of unbranched alkanes of at least 4 members (excludes halogenated alkanes) is 1. The summed E-state index contributed by atoms with van der Waals surface area (Å²) < 4.78 is 80.6. The smallest absolute Gasteiger partial charge is 0.354 e. The molecule has 0 fully saturated rings. The monoisotopic (exact) mass is 587 g/mol. The highest BCUT2D eigenvalue weighted by Gasteiger charge is 2.37. The van der Waals surface area contributed by atoms with Gasteiger partial charge in [0.15, 0.2) is 0 Å². The van der Waals surface area contributed by atoms with Crippen molar-refractivity contribution in [3.63, 3.8) is 0 Å². The van der Waals surface area contributed by atoms with E-state index < -0.39 is 38.5 Å². The maximum atomic E-state index is 13.3. The normalized spacial score (nSPS) is 13.0. The van der Waals surface area contributed by atoms with Crippen LogP contribution in [0.1, 0.15) is 48.3 Å². The van der Waals surface area contributed by atoms with E-state index in [2.05, 4.69) is 15.4 Å². The van der Waals surface area contributed by atoms with Crippen LogP contribution in [0.25, 0.3) is 10.1 Å². The van der Waals surface area contributed by atoms with Gasteiger partial charge < -0.3 is 10.6 Å². The zero-order chi connectivity index (χ0) is 28.8. The Labute approximate surface area is 228 Å². The molecule has 0 spiro atoms. The van der Waals surface area contributed by atoms with Crippen LogP contribution < -0.4 is 15.4 Å². The molecule has 13 heteroatoms. The first-order chi connectivity index (χ1) is 18.3. The summed E-state index contributed by atoms with van der Waals surface area (Å²) in [6.45, 7) is 3.82. The highest BCUT2D eigenvalue weighted by Crippen LogP contribution is 2.34. The van der Waals surface area contributed by atoms with Crippen molar-refractivity contribution in [1.29, 1.82) is 0 Å². The molecular formula is C26H29F4N3O4S2. The van der Waals surface area contributed by atoms with Crippen molar-refractivity contribution in [3.05, 3.63) is 64.8 Å². The second-order valence-electron chi connectivity index (χ2n) is 9.34. The maximum absolute atomic E-state index is 13.3. The Hall–Kier alpha value is -3.03. The summed E-state index contributed by atoms with van der Waals surface area (Å²) in [5, 5.41) is 6.44. The van der Waals surface area contributed by atoms with Crippen molar-refractivity contribution in [1.82, 2.24) is 15.4 Å². The quantitative estimate of drug-likeness (QED) is 0.203. The predicted octanol–water partition coefficient (Wildman–Crippen LogP) is 5.08. The number of nitrogens with one attached hydrogen (secondary N) is 3.